The molecule has 7 heteroatoms. The monoisotopic (exact) mass is 478 g/mol. The lowest BCUT2D eigenvalue weighted by atomic mass is 9.94. The van der Waals surface area contributed by atoms with Gasteiger partial charge in [-0.1, -0.05) is 68.3 Å². The number of piperidine rings is 1. The molecule has 1 saturated heterocycles. The quantitative estimate of drug-likeness (QED) is 0.540. The third-order valence-corrected chi connectivity index (χ3v) is 7.07. The second-order valence-corrected chi connectivity index (χ2v) is 9.56. The van der Waals surface area contributed by atoms with Gasteiger partial charge in [-0.05, 0) is 47.4 Å². The lowest BCUT2D eigenvalue weighted by Gasteiger charge is -2.34. The highest BCUT2D eigenvalue weighted by atomic mass is 16.5. The molecule has 0 radical (unpaired) electrons. The lowest BCUT2D eigenvalue weighted by molar-refractivity contribution is -0.141. The van der Waals surface area contributed by atoms with Gasteiger partial charge in [0.05, 0.1) is 0 Å². The molecule has 186 valence electrons. The summed E-state index contributed by atoms with van der Waals surface area (Å²) in [5.74, 6) is -1.09. The van der Waals surface area contributed by atoms with E-state index < -0.39 is 18.1 Å². The Morgan fingerprint density at radius 1 is 1.09 bits per heavy atom. The number of amides is 2. The number of ether oxygens (including phenoxy) is 1. The molecule has 35 heavy (non-hydrogen) atoms. The maximum atomic E-state index is 13.3. The number of unbranched alkanes of at least 4 members (excludes halogenated alkanes) is 1. The van der Waals surface area contributed by atoms with E-state index in [1.165, 1.54) is 0 Å². The van der Waals surface area contributed by atoms with Gasteiger partial charge in [0.2, 0.25) is 5.91 Å². The zero-order valence-electron chi connectivity index (χ0n) is 20.2. The SMILES string of the molecule is CCCC[C@H](NC(=O)OCC1c2ccccc2-c2ccccc21)C(=O)N1CCCC(CC(=O)O)C1. The summed E-state index contributed by atoms with van der Waals surface area (Å²) in [7, 11) is 0. The zero-order valence-corrected chi connectivity index (χ0v) is 20.2. The minimum Gasteiger partial charge on any atom is -0.481 e. The van der Waals surface area contributed by atoms with Gasteiger partial charge in [0, 0.05) is 25.4 Å². The van der Waals surface area contributed by atoms with Crippen LogP contribution in [0.3, 0.4) is 0 Å². The number of nitrogens with zero attached hydrogens (tertiary/aromatic N) is 1. The Hall–Kier alpha value is -3.35. The summed E-state index contributed by atoms with van der Waals surface area (Å²) < 4.78 is 5.66. The normalized spacial score (nSPS) is 17.9. The Morgan fingerprint density at radius 2 is 1.74 bits per heavy atom. The second kappa shape index (κ2) is 11.4. The first-order valence-corrected chi connectivity index (χ1v) is 12.6. The van der Waals surface area contributed by atoms with Crippen LogP contribution in [-0.2, 0) is 14.3 Å². The third-order valence-electron chi connectivity index (χ3n) is 7.07. The Kier molecular flexibility index (Phi) is 8.06. The van der Waals surface area contributed by atoms with Gasteiger partial charge < -0.3 is 20.1 Å². The van der Waals surface area contributed by atoms with Crippen molar-refractivity contribution < 1.29 is 24.2 Å². The molecular formula is C28H34N2O5. The topological polar surface area (TPSA) is 95.9 Å². The number of carbonyl (C=O) groups is 3. The molecule has 1 fully saturated rings. The van der Waals surface area contributed by atoms with E-state index in [4.69, 9.17) is 9.84 Å². The molecule has 2 N–H and O–H groups in total. The molecule has 2 atom stereocenters. The van der Waals surface area contributed by atoms with E-state index in [2.05, 4.69) is 29.6 Å². The van der Waals surface area contributed by atoms with Gasteiger partial charge in [0.15, 0.2) is 0 Å². The number of benzene rings is 2. The van der Waals surface area contributed by atoms with E-state index >= 15 is 0 Å². The van der Waals surface area contributed by atoms with E-state index in [0.717, 1.165) is 47.9 Å². The van der Waals surface area contributed by atoms with Crippen LogP contribution in [0.15, 0.2) is 48.5 Å². The fraction of sp³-hybridized carbons (Fsp3) is 0.464. The summed E-state index contributed by atoms with van der Waals surface area (Å²) in [5, 5.41) is 11.9. The number of fused-ring (bicyclic) bond motifs is 3. The number of aliphatic carboxylic acids is 1. The maximum Gasteiger partial charge on any atom is 0.407 e. The Labute approximate surface area is 206 Å². The standard InChI is InChI=1S/C28H34N2O5/c1-2-3-14-25(27(33)30-15-8-9-19(17-30)16-26(31)32)29-28(34)35-18-24-22-12-6-4-10-20(22)21-11-5-7-13-23(21)24/h4-7,10-13,19,24-25H,2-3,8-9,14-18H2,1H3,(H,29,34)(H,31,32)/t19?,25-/m0/s1. The molecule has 0 bridgehead atoms. The summed E-state index contributed by atoms with van der Waals surface area (Å²) in [6.07, 6.45) is 3.26. The first-order chi connectivity index (χ1) is 17.0. The van der Waals surface area contributed by atoms with E-state index in [1.807, 2.05) is 31.2 Å². The molecule has 0 spiro atoms. The average Bonchev–Trinajstić information content (AvgIpc) is 3.18. The van der Waals surface area contributed by atoms with Crippen molar-refractivity contribution in [2.45, 2.75) is 57.4 Å². The number of alkyl carbamates (subject to hydrolysis) is 1. The predicted octanol–water partition coefficient (Wildman–Crippen LogP) is 4.80. The summed E-state index contributed by atoms with van der Waals surface area (Å²) in [6.45, 7) is 3.24. The molecule has 1 unspecified atom stereocenters. The van der Waals surface area contributed by atoms with Crippen LogP contribution in [0.1, 0.15) is 62.5 Å². The van der Waals surface area contributed by atoms with Crippen molar-refractivity contribution in [3.05, 3.63) is 59.7 Å². The van der Waals surface area contributed by atoms with Crippen LogP contribution < -0.4 is 5.32 Å². The molecule has 2 amide bonds. The zero-order chi connectivity index (χ0) is 24.8. The Morgan fingerprint density at radius 3 is 2.37 bits per heavy atom. The average molecular weight is 479 g/mol. The first-order valence-electron chi connectivity index (χ1n) is 12.6. The van der Waals surface area contributed by atoms with Gasteiger partial charge in [-0.15, -0.1) is 0 Å². The number of hydrogen-bond donors (Lipinski definition) is 2. The van der Waals surface area contributed by atoms with Crippen LogP contribution in [0, 0.1) is 5.92 Å². The van der Waals surface area contributed by atoms with Crippen molar-refractivity contribution in [1.29, 1.82) is 0 Å². The number of rotatable bonds is 9. The van der Waals surface area contributed by atoms with Crippen molar-refractivity contribution in [3.63, 3.8) is 0 Å². The van der Waals surface area contributed by atoms with Crippen LogP contribution in [0.4, 0.5) is 4.79 Å². The molecule has 7 nitrogen and oxygen atoms in total. The van der Waals surface area contributed by atoms with Gasteiger partial charge in [-0.25, -0.2) is 4.79 Å². The molecule has 0 aromatic heterocycles. The van der Waals surface area contributed by atoms with E-state index in [9.17, 15) is 14.4 Å². The number of hydrogen-bond acceptors (Lipinski definition) is 4. The van der Waals surface area contributed by atoms with Crippen LogP contribution in [0.25, 0.3) is 11.1 Å². The van der Waals surface area contributed by atoms with Crippen LogP contribution in [0.5, 0.6) is 0 Å². The number of carbonyl (C=O) groups excluding carboxylic acids is 2. The molecule has 0 saturated carbocycles. The fourth-order valence-electron chi connectivity index (χ4n) is 5.35. The summed E-state index contributed by atoms with van der Waals surface area (Å²) >= 11 is 0. The van der Waals surface area contributed by atoms with Crippen LogP contribution in [0.2, 0.25) is 0 Å². The van der Waals surface area contributed by atoms with Crippen molar-refractivity contribution in [3.8, 4) is 11.1 Å². The molecule has 2 aliphatic rings. The van der Waals surface area contributed by atoms with E-state index in [0.29, 0.717) is 19.5 Å². The molecule has 4 rings (SSSR count). The number of carboxylic acid groups (broad SMARTS) is 1. The first kappa shape index (κ1) is 24.8. The van der Waals surface area contributed by atoms with Gasteiger partial charge in [0.25, 0.3) is 0 Å². The predicted molar refractivity (Wildman–Crippen MR) is 133 cm³/mol. The van der Waals surface area contributed by atoms with Gasteiger partial charge in [-0.2, -0.15) is 0 Å². The number of likely N-dealkylation sites (tertiary alicyclic amines) is 1. The summed E-state index contributed by atoms with van der Waals surface area (Å²) in [6, 6.07) is 15.6. The minimum atomic E-state index is -0.844. The van der Waals surface area contributed by atoms with Gasteiger partial charge in [-0.3, -0.25) is 9.59 Å². The molecular weight excluding hydrogens is 444 g/mol. The smallest absolute Gasteiger partial charge is 0.407 e. The van der Waals surface area contributed by atoms with E-state index in [1.54, 1.807) is 4.90 Å². The largest absolute Gasteiger partial charge is 0.481 e. The Bertz CT molecular complexity index is 1020. The Balaban J connectivity index is 1.39. The van der Waals surface area contributed by atoms with Gasteiger partial charge >= 0.3 is 12.1 Å². The van der Waals surface area contributed by atoms with E-state index in [-0.39, 0.29) is 30.8 Å². The second-order valence-electron chi connectivity index (χ2n) is 9.56. The van der Waals surface area contributed by atoms with Crippen molar-refractivity contribution in [2.24, 2.45) is 5.92 Å². The van der Waals surface area contributed by atoms with Crippen LogP contribution in [-0.4, -0.2) is 53.7 Å². The molecule has 2 aromatic carbocycles. The lowest BCUT2D eigenvalue weighted by Crippen LogP contribution is -2.51. The van der Waals surface area contributed by atoms with Crippen molar-refractivity contribution in [2.75, 3.05) is 19.7 Å². The van der Waals surface area contributed by atoms with Gasteiger partial charge in [0.1, 0.15) is 12.6 Å². The van der Waals surface area contributed by atoms with Crippen molar-refractivity contribution in [1.82, 2.24) is 10.2 Å². The highest BCUT2D eigenvalue weighted by Crippen LogP contribution is 2.44. The summed E-state index contributed by atoms with van der Waals surface area (Å²) in [4.78, 5) is 38.9. The highest BCUT2D eigenvalue weighted by molar-refractivity contribution is 5.86. The highest BCUT2D eigenvalue weighted by Gasteiger charge is 2.32. The number of nitrogens with one attached hydrogen (secondary N) is 1. The number of carboxylic acids is 1. The molecule has 1 heterocycles. The van der Waals surface area contributed by atoms with Crippen molar-refractivity contribution >= 4 is 18.0 Å². The molecule has 1 aliphatic heterocycles. The molecule has 1 aliphatic carbocycles. The third kappa shape index (κ3) is 5.84. The van der Waals surface area contributed by atoms with Crippen LogP contribution >= 0.6 is 0 Å². The molecule has 2 aromatic rings. The fourth-order valence-corrected chi connectivity index (χ4v) is 5.35. The minimum absolute atomic E-state index is 0.0446. The maximum absolute atomic E-state index is 13.3. The summed E-state index contributed by atoms with van der Waals surface area (Å²) in [5.41, 5.74) is 4.60.